The number of thiophene rings is 1. The molecule has 19 heavy (non-hydrogen) atoms. The highest BCUT2D eigenvalue weighted by Crippen LogP contribution is 2.65. The van der Waals surface area contributed by atoms with E-state index in [0.717, 1.165) is 16.7 Å². The Bertz CT molecular complexity index is 594. The summed E-state index contributed by atoms with van der Waals surface area (Å²) in [6.07, 6.45) is 3.95. The first kappa shape index (κ1) is 12.3. The second-order valence-corrected chi connectivity index (χ2v) is 8.80. The van der Waals surface area contributed by atoms with Crippen LogP contribution >= 0.6 is 11.3 Å². The van der Waals surface area contributed by atoms with Gasteiger partial charge in [-0.05, 0) is 49.0 Å². The lowest BCUT2D eigenvalue weighted by atomic mass is 10.0. The van der Waals surface area contributed by atoms with Crippen molar-refractivity contribution >= 4 is 21.4 Å². The van der Waals surface area contributed by atoms with Crippen molar-refractivity contribution in [3.63, 3.8) is 0 Å². The molecule has 0 aromatic carbocycles. The number of sulfonamides is 1. The number of hydrogen-bond donors (Lipinski definition) is 2. The summed E-state index contributed by atoms with van der Waals surface area (Å²) in [5, 5.41) is 1.69. The number of nitrogens with one attached hydrogen (secondary N) is 1. The predicted octanol–water partition coefficient (Wildman–Crippen LogP) is 1.53. The molecule has 3 fully saturated rings. The summed E-state index contributed by atoms with van der Waals surface area (Å²) in [7, 11) is -3.34. The van der Waals surface area contributed by atoms with Crippen molar-refractivity contribution in [2.75, 3.05) is 0 Å². The molecule has 0 amide bonds. The Hall–Kier alpha value is -0.430. The number of hydrogen-bond acceptors (Lipinski definition) is 4. The SMILES string of the molecule is NCc1cc(S(=O)(=O)NC2C3C4CCC(C4)C23)cs1. The Kier molecular flexibility index (Phi) is 2.62. The largest absolute Gasteiger partial charge is 0.326 e. The van der Waals surface area contributed by atoms with Crippen molar-refractivity contribution in [3.05, 3.63) is 16.3 Å². The highest BCUT2D eigenvalue weighted by molar-refractivity contribution is 7.89. The predicted molar refractivity (Wildman–Crippen MR) is 74.1 cm³/mol. The maximum Gasteiger partial charge on any atom is 0.241 e. The van der Waals surface area contributed by atoms with Crippen molar-refractivity contribution in [3.8, 4) is 0 Å². The van der Waals surface area contributed by atoms with Crippen LogP contribution in [0.25, 0.3) is 0 Å². The second-order valence-electron chi connectivity index (χ2n) is 6.09. The van der Waals surface area contributed by atoms with Gasteiger partial charge >= 0.3 is 0 Å². The maximum absolute atomic E-state index is 12.3. The highest BCUT2D eigenvalue weighted by Gasteiger charge is 2.65. The Labute approximate surface area is 117 Å². The third kappa shape index (κ3) is 1.81. The second kappa shape index (κ2) is 4.04. The Morgan fingerprint density at radius 2 is 2.00 bits per heavy atom. The first-order chi connectivity index (χ1) is 9.10. The van der Waals surface area contributed by atoms with Crippen molar-refractivity contribution in [2.45, 2.75) is 36.7 Å². The monoisotopic (exact) mass is 298 g/mol. The Balaban J connectivity index is 1.51. The third-order valence-corrected chi connectivity index (χ3v) is 7.71. The third-order valence-electron chi connectivity index (χ3n) is 5.17. The normalized spacial score (nSPS) is 39.5. The lowest BCUT2D eigenvalue weighted by Gasteiger charge is -2.10. The van der Waals surface area contributed by atoms with Gasteiger partial charge in [0, 0.05) is 22.8 Å². The van der Waals surface area contributed by atoms with Crippen LogP contribution in [-0.4, -0.2) is 14.5 Å². The molecule has 4 atom stereocenters. The van der Waals surface area contributed by atoms with Gasteiger partial charge in [-0.25, -0.2) is 13.1 Å². The van der Waals surface area contributed by atoms with E-state index in [1.165, 1.54) is 30.6 Å². The van der Waals surface area contributed by atoms with Gasteiger partial charge in [0.25, 0.3) is 0 Å². The van der Waals surface area contributed by atoms with E-state index in [4.69, 9.17) is 5.73 Å². The minimum absolute atomic E-state index is 0.206. The summed E-state index contributed by atoms with van der Waals surface area (Å²) in [4.78, 5) is 1.30. The summed E-state index contributed by atoms with van der Waals surface area (Å²) in [6, 6.07) is 1.90. The van der Waals surface area contributed by atoms with Crippen LogP contribution in [0.1, 0.15) is 24.1 Å². The molecule has 0 radical (unpaired) electrons. The fourth-order valence-corrected chi connectivity index (χ4v) is 6.80. The summed E-state index contributed by atoms with van der Waals surface area (Å²) in [5.41, 5.74) is 5.53. The molecule has 3 saturated carbocycles. The molecule has 1 heterocycles. The lowest BCUT2D eigenvalue weighted by Crippen LogP contribution is -2.29. The fourth-order valence-electron chi connectivity index (χ4n) is 4.34. The molecule has 0 spiro atoms. The van der Waals surface area contributed by atoms with Gasteiger partial charge in [0.2, 0.25) is 10.0 Å². The van der Waals surface area contributed by atoms with E-state index >= 15 is 0 Å². The molecule has 0 aliphatic heterocycles. The number of fused-ring (bicyclic) bond motifs is 5. The van der Waals surface area contributed by atoms with Gasteiger partial charge in [-0.15, -0.1) is 11.3 Å². The van der Waals surface area contributed by atoms with Gasteiger partial charge in [-0.2, -0.15) is 0 Å². The molecule has 1 aromatic heterocycles. The molecular weight excluding hydrogens is 280 g/mol. The van der Waals surface area contributed by atoms with Crippen molar-refractivity contribution in [1.29, 1.82) is 0 Å². The summed E-state index contributed by atoms with van der Waals surface area (Å²) in [6.45, 7) is 0.402. The molecule has 3 aliphatic carbocycles. The molecule has 2 bridgehead atoms. The molecule has 4 nitrogen and oxygen atoms in total. The molecule has 4 rings (SSSR count). The molecular formula is C13H18N2O2S2. The number of nitrogens with two attached hydrogens (primary N) is 1. The van der Waals surface area contributed by atoms with Gasteiger partial charge in [-0.3, -0.25) is 0 Å². The van der Waals surface area contributed by atoms with Crippen LogP contribution in [0.5, 0.6) is 0 Å². The molecule has 0 saturated heterocycles. The molecule has 104 valence electrons. The van der Waals surface area contributed by atoms with E-state index in [-0.39, 0.29) is 6.04 Å². The van der Waals surface area contributed by atoms with Gasteiger partial charge in [0.1, 0.15) is 0 Å². The van der Waals surface area contributed by atoms with E-state index in [9.17, 15) is 8.42 Å². The molecule has 4 unspecified atom stereocenters. The number of rotatable bonds is 4. The first-order valence-electron chi connectivity index (χ1n) is 6.90. The van der Waals surface area contributed by atoms with E-state index in [0.29, 0.717) is 23.3 Å². The van der Waals surface area contributed by atoms with Crippen LogP contribution in [0.15, 0.2) is 16.3 Å². The summed E-state index contributed by atoms with van der Waals surface area (Å²) >= 11 is 1.41. The van der Waals surface area contributed by atoms with E-state index in [2.05, 4.69) is 4.72 Å². The molecule has 3 aliphatic rings. The summed E-state index contributed by atoms with van der Waals surface area (Å²) < 4.78 is 27.6. The molecule has 6 heteroatoms. The van der Waals surface area contributed by atoms with Gasteiger partial charge in [0.05, 0.1) is 4.90 Å². The standard InChI is InChI=1S/C13H18N2O2S2/c14-5-9-4-10(6-18-9)19(16,17)15-13-11-7-1-2-8(3-7)12(11)13/h4,6-8,11-13,15H,1-3,5,14H2. The van der Waals surface area contributed by atoms with Crippen molar-refractivity contribution < 1.29 is 8.42 Å². The Morgan fingerprint density at radius 3 is 2.58 bits per heavy atom. The minimum Gasteiger partial charge on any atom is -0.326 e. The zero-order chi connectivity index (χ0) is 13.2. The van der Waals surface area contributed by atoms with E-state index in [1.807, 2.05) is 0 Å². The topological polar surface area (TPSA) is 72.2 Å². The van der Waals surface area contributed by atoms with Crippen LogP contribution in [0.4, 0.5) is 0 Å². The van der Waals surface area contributed by atoms with Crippen LogP contribution < -0.4 is 10.5 Å². The average Bonchev–Trinajstić information content (AvgIpc) is 2.88. The lowest BCUT2D eigenvalue weighted by molar-refractivity contribution is 0.456. The smallest absolute Gasteiger partial charge is 0.241 e. The van der Waals surface area contributed by atoms with Crippen molar-refractivity contribution in [2.24, 2.45) is 29.4 Å². The van der Waals surface area contributed by atoms with Crippen molar-refractivity contribution in [1.82, 2.24) is 4.72 Å². The van der Waals surface area contributed by atoms with Crippen LogP contribution in [0, 0.1) is 23.7 Å². The quantitative estimate of drug-likeness (QED) is 0.885. The minimum atomic E-state index is -3.34. The maximum atomic E-state index is 12.3. The van der Waals surface area contributed by atoms with Crippen LogP contribution in [0.2, 0.25) is 0 Å². The van der Waals surface area contributed by atoms with Crippen LogP contribution in [0.3, 0.4) is 0 Å². The van der Waals surface area contributed by atoms with E-state index < -0.39 is 10.0 Å². The fraction of sp³-hybridized carbons (Fsp3) is 0.692. The summed E-state index contributed by atoms with van der Waals surface area (Å²) in [5.74, 6) is 2.82. The van der Waals surface area contributed by atoms with Gasteiger partial charge in [0.15, 0.2) is 0 Å². The van der Waals surface area contributed by atoms with Gasteiger partial charge in [-0.1, -0.05) is 0 Å². The zero-order valence-corrected chi connectivity index (χ0v) is 12.2. The van der Waals surface area contributed by atoms with E-state index in [1.54, 1.807) is 11.4 Å². The first-order valence-corrected chi connectivity index (χ1v) is 9.26. The molecule has 3 N–H and O–H groups in total. The Morgan fingerprint density at radius 1 is 1.32 bits per heavy atom. The highest BCUT2D eigenvalue weighted by atomic mass is 32.2. The van der Waals surface area contributed by atoms with Gasteiger partial charge < -0.3 is 5.73 Å². The average molecular weight is 298 g/mol. The molecule has 1 aromatic rings. The zero-order valence-electron chi connectivity index (χ0n) is 10.6. The van der Waals surface area contributed by atoms with Crippen LogP contribution in [-0.2, 0) is 16.6 Å².